The van der Waals surface area contributed by atoms with Gasteiger partial charge in [0.15, 0.2) is 5.78 Å². The lowest BCUT2D eigenvalue weighted by molar-refractivity contribution is -0.158. The van der Waals surface area contributed by atoms with Crippen LogP contribution in [0.1, 0.15) is 38.2 Å². The molecule has 1 aromatic rings. The fraction of sp³-hybridized carbons (Fsp3) is 0.579. The fourth-order valence-corrected chi connectivity index (χ4v) is 4.44. The topological polar surface area (TPSA) is 136 Å². The number of likely N-dealkylation sites (tertiary alicyclic amines) is 1. The average molecular weight is 427 g/mol. The van der Waals surface area contributed by atoms with Crippen LogP contribution < -0.4 is 11.6 Å². The van der Waals surface area contributed by atoms with Crippen molar-refractivity contribution in [3.63, 3.8) is 0 Å². The quantitative estimate of drug-likeness (QED) is 0.245. The summed E-state index contributed by atoms with van der Waals surface area (Å²) in [5, 5.41) is 0. The number of sulfonamides is 1. The predicted molar refractivity (Wildman–Crippen MR) is 109 cm³/mol. The number of amides is 1. The van der Waals surface area contributed by atoms with Crippen molar-refractivity contribution in [2.24, 2.45) is 11.6 Å². The van der Waals surface area contributed by atoms with Gasteiger partial charge >= 0.3 is 6.09 Å². The van der Waals surface area contributed by atoms with Crippen molar-refractivity contribution >= 4 is 21.9 Å². The number of hydrazine groups is 1. The van der Waals surface area contributed by atoms with Gasteiger partial charge in [-0.05, 0) is 37.8 Å². The van der Waals surface area contributed by atoms with Gasteiger partial charge in [0, 0.05) is 26.4 Å². The summed E-state index contributed by atoms with van der Waals surface area (Å²) in [5.41, 5.74) is 4.56. The highest BCUT2D eigenvalue weighted by Gasteiger charge is 2.48. The number of unbranched alkanes of at least 4 members (excludes halogenated alkanes) is 1. The van der Waals surface area contributed by atoms with E-state index in [1.54, 1.807) is 4.90 Å². The van der Waals surface area contributed by atoms with E-state index >= 15 is 0 Å². The number of Topliss-reactive ketones (excluding diaryl/α,β-unsaturated/α-hetero) is 1. The van der Waals surface area contributed by atoms with Crippen LogP contribution in [0.25, 0.3) is 0 Å². The molecule has 0 bridgehead atoms. The highest BCUT2D eigenvalue weighted by molar-refractivity contribution is 7.89. The number of nitrogens with two attached hydrogens (primary N) is 2. The molecule has 1 atom stereocenters. The highest BCUT2D eigenvalue weighted by atomic mass is 32.2. The summed E-state index contributed by atoms with van der Waals surface area (Å²) < 4.78 is 30.4. The molecule has 0 aromatic heterocycles. The Labute approximate surface area is 172 Å². The van der Waals surface area contributed by atoms with Crippen LogP contribution in [0.4, 0.5) is 4.79 Å². The van der Waals surface area contributed by atoms with Crippen molar-refractivity contribution in [3.8, 4) is 0 Å². The monoisotopic (exact) mass is 426 g/mol. The lowest BCUT2D eigenvalue weighted by atomic mass is 9.97. The smallest absolute Gasteiger partial charge is 0.418 e. The third-order valence-electron chi connectivity index (χ3n) is 5.05. The molecular formula is C19H30N4O5S. The van der Waals surface area contributed by atoms with Crippen molar-refractivity contribution in [3.05, 3.63) is 35.9 Å². The first-order valence-electron chi connectivity index (χ1n) is 9.73. The summed E-state index contributed by atoms with van der Waals surface area (Å²) in [6.07, 6.45) is 1.30. The number of carbonyl (C=O) groups excluding carboxylic acids is 2. The third-order valence-corrected chi connectivity index (χ3v) is 6.60. The van der Waals surface area contributed by atoms with Gasteiger partial charge < -0.3 is 10.5 Å². The Kier molecular flexibility index (Phi) is 8.14. The molecule has 29 heavy (non-hydrogen) atoms. The number of ether oxygens (including phenoxy) is 1. The fourth-order valence-electron chi connectivity index (χ4n) is 3.41. The SMILES string of the molecule is CC(=O)C(Cc1ccccc1)(OC(=O)N(N)S(=O)(=O)CCCCN)N1CCCC1. The van der Waals surface area contributed by atoms with E-state index in [2.05, 4.69) is 0 Å². The van der Waals surface area contributed by atoms with E-state index in [1.807, 2.05) is 30.3 Å². The summed E-state index contributed by atoms with van der Waals surface area (Å²) >= 11 is 0. The molecule has 1 heterocycles. The molecule has 9 nitrogen and oxygen atoms in total. The standard InChI is InChI=1S/C19H30N4O5S/c1-16(24)19(22-12-6-7-13-22,15-17-9-3-2-4-10-17)28-18(25)23(21)29(26,27)14-8-5-11-20/h2-4,9-10H,5-8,11-15,20-21H2,1H3. The molecule has 0 aliphatic carbocycles. The van der Waals surface area contributed by atoms with E-state index in [4.69, 9.17) is 16.3 Å². The summed E-state index contributed by atoms with van der Waals surface area (Å²) in [6, 6.07) is 9.14. The van der Waals surface area contributed by atoms with Crippen LogP contribution in [0.5, 0.6) is 0 Å². The molecule has 1 aliphatic heterocycles. The second-order valence-electron chi connectivity index (χ2n) is 7.17. The van der Waals surface area contributed by atoms with E-state index in [0.717, 1.165) is 18.4 Å². The van der Waals surface area contributed by atoms with Gasteiger partial charge in [-0.3, -0.25) is 9.69 Å². The molecule has 2 rings (SSSR count). The molecule has 1 fully saturated rings. The maximum Gasteiger partial charge on any atom is 0.440 e. The second kappa shape index (κ2) is 10.1. The molecule has 1 saturated heterocycles. The van der Waals surface area contributed by atoms with Gasteiger partial charge in [0.2, 0.25) is 5.72 Å². The lowest BCUT2D eigenvalue weighted by Gasteiger charge is -2.39. The molecule has 1 amide bonds. The zero-order chi connectivity index (χ0) is 21.5. The Morgan fingerprint density at radius 1 is 1.17 bits per heavy atom. The number of benzene rings is 1. The van der Waals surface area contributed by atoms with Gasteiger partial charge in [-0.1, -0.05) is 30.3 Å². The Morgan fingerprint density at radius 3 is 2.34 bits per heavy atom. The number of ketones is 1. The molecule has 162 valence electrons. The van der Waals surface area contributed by atoms with Gasteiger partial charge in [-0.25, -0.2) is 19.1 Å². The molecule has 0 spiro atoms. The van der Waals surface area contributed by atoms with E-state index in [0.29, 0.717) is 26.1 Å². The van der Waals surface area contributed by atoms with Crippen molar-refractivity contribution in [1.82, 2.24) is 9.31 Å². The Bertz CT molecular complexity index is 796. The summed E-state index contributed by atoms with van der Waals surface area (Å²) in [7, 11) is -4.08. The Morgan fingerprint density at radius 2 is 1.79 bits per heavy atom. The zero-order valence-electron chi connectivity index (χ0n) is 16.7. The van der Waals surface area contributed by atoms with Crippen molar-refractivity contribution in [2.45, 2.75) is 44.8 Å². The van der Waals surface area contributed by atoms with Crippen LogP contribution in [-0.4, -0.2) is 60.7 Å². The minimum atomic E-state index is -4.08. The summed E-state index contributed by atoms with van der Waals surface area (Å²) in [4.78, 5) is 27.2. The van der Waals surface area contributed by atoms with E-state index in [9.17, 15) is 18.0 Å². The largest absolute Gasteiger partial charge is 0.440 e. The molecular weight excluding hydrogens is 396 g/mol. The van der Waals surface area contributed by atoms with Gasteiger partial charge in [0.05, 0.1) is 5.75 Å². The van der Waals surface area contributed by atoms with Crippen LogP contribution in [-0.2, 0) is 26.0 Å². The molecule has 10 heteroatoms. The van der Waals surface area contributed by atoms with Gasteiger partial charge in [0.25, 0.3) is 10.0 Å². The average Bonchev–Trinajstić information content (AvgIpc) is 3.22. The normalized spacial score (nSPS) is 16.9. The minimum absolute atomic E-state index is 0.0995. The number of hydrogen-bond donors (Lipinski definition) is 2. The minimum Gasteiger partial charge on any atom is -0.418 e. The van der Waals surface area contributed by atoms with E-state index < -0.39 is 21.8 Å². The van der Waals surface area contributed by atoms with Crippen molar-refractivity contribution in [1.29, 1.82) is 0 Å². The molecule has 1 aromatic carbocycles. The highest BCUT2D eigenvalue weighted by Crippen LogP contribution is 2.29. The molecule has 4 N–H and O–H groups in total. The Hall–Kier alpha value is -2.01. The molecule has 1 aliphatic rings. The lowest BCUT2D eigenvalue weighted by Crippen LogP contribution is -2.60. The van der Waals surface area contributed by atoms with Gasteiger partial charge in [-0.2, -0.15) is 0 Å². The molecule has 0 radical (unpaired) electrons. The van der Waals surface area contributed by atoms with Crippen LogP contribution in [0.2, 0.25) is 0 Å². The maximum atomic E-state index is 12.7. The zero-order valence-corrected chi connectivity index (χ0v) is 17.6. The third kappa shape index (κ3) is 5.75. The number of carbonyl (C=O) groups is 2. The number of rotatable bonds is 10. The summed E-state index contributed by atoms with van der Waals surface area (Å²) in [6.45, 7) is 2.80. The van der Waals surface area contributed by atoms with Gasteiger partial charge in [-0.15, -0.1) is 4.41 Å². The summed E-state index contributed by atoms with van der Waals surface area (Å²) in [5.74, 6) is 4.87. The molecule has 0 saturated carbocycles. The van der Waals surface area contributed by atoms with Crippen LogP contribution in [0.15, 0.2) is 30.3 Å². The van der Waals surface area contributed by atoms with Crippen LogP contribution >= 0.6 is 0 Å². The number of hydrogen-bond acceptors (Lipinski definition) is 8. The first kappa shape index (κ1) is 23.3. The van der Waals surface area contributed by atoms with Crippen LogP contribution in [0, 0.1) is 0 Å². The maximum absolute atomic E-state index is 12.7. The molecule has 1 unspecified atom stereocenters. The van der Waals surface area contributed by atoms with E-state index in [-0.39, 0.29) is 28.8 Å². The van der Waals surface area contributed by atoms with Crippen molar-refractivity contribution in [2.75, 3.05) is 25.4 Å². The van der Waals surface area contributed by atoms with Crippen LogP contribution in [0.3, 0.4) is 0 Å². The van der Waals surface area contributed by atoms with E-state index in [1.165, 1.54) is 6.92 Å². The second-order valence-corrected chi connectivity index (χ2v) is 9.14. The number of nitrogens with zero attached hydrogens (tertiary/aromatic N) is 2. The predicted octanol–water partition coefficient (Wildman–Crippen LogP) is 0.991. The Balaban J connectivity index is 2.28. The first-order chi connectivity index (χ1) is 13.7. The first-order valence-corrected chi connectivity index (χ1v) is 11.3. The van der Waals surface area contributed by atoms with Crippen molar-refractivity contribution < 1.29 is 22.7 Å². The van der Waals surface area contributed by atoms with Gasteiger partial charge in [0.1, 0.15) is 0 Å².